The Morgan fingerprint density at radius 3 is 2.48 bits per heavy atom. The van der Waals surface area contributed by atoms with Crippen LogP contribution in [0.2, 0.25) is 5.02 Å². The van der Waals surface area contributed by atoms with Crippen LogP contribution in [0.5, 0.6) is 11.5 Å². The van der Waals surface area contributed by atoms with E-state index in [1.165, 1.54) is 0 Å². The number of rotatable bonds is 7. The van der Waals surface area contributed by atoms with E-state index in [2.05, 4.69) is 4.90 Å². The van der Waals surface area contributed by atoms with Gasteiger partial charge in [0.2, 0.25) is 0 Å². The molecule has 1 aliphatic rings. The fourth-order valence-corrected chi connectivity index (χ4v) is 4.10. The number of ether oxygens (including phenoxy) is 2. The second-order valence-corrected chi connectivity index (χ2v) is 7.98. The highest BCUT2D eigenvalue weighted by molar-refractivity contribution is 6.30. The summed E-state index contributed by atoms with van der Waals surface area (Å²) in [5.41, 5.74) is 1.38. The topological polar surface area (TPSA) is 59.0 Å². The van der Waals surface area contributed by atoms with Gasteiger partial charge in [-0.2, -0.15) is 0 Å². The number of phenolic OH excluding ortho intramolecular Hbond substituents is 1. The summed E-state index contributed by atoms with van der Waals surface area (Å²) in [4.78, 5) is 15.1. The first-order valence-electron chi connectivity index (χ1n) is 9.96. The first kappa shape index (κ1) is 21.5. The van der Waals surface area contributed by atoms with Gasteiger partial charge in [0.25, 0.3) is 0 Å². The number of nitrogens with zero attached hydrogens (tertiary/aromatic N) is 1. The van der Waals surface area contributed by atoms with E-state index >= 15 is 0 Å². The summed E-state index contributed by atoms with van der Waals surface area (Å²) in [5.74, 6) is 0.528. The molecule has 0 aliphatic carbocycles. The molecule has 5 nitrogen and oxygen atoms in total. The van der Waals surface area contributed by atoms with E-state index in [-0.39, 0.29) is 11.7 Å². The summed E-state index contributed by atoms with van der Waals surface area (Å²) in [7, 11) is 1.55. The highest BCUT2D eigenvalue weighted by Gasteiger charge is 2.42. The Bertz CT molecular complexity index is 829. The van der Waals surface area contributed by atoms with E-state index in [0.717, 1.165) is 24.2 Å². The molecule has 156 valence electrons. The van der Waals surface area contributed by atoms with Gasteiger partial charge in [-0.1, -0.05) is 35.9 Å². The van der Waals surface area contributed by atoms with Crippen molar-refractivity contribution in [1.29, 1.82) is 0 Å². The summed E-state index contributed by atoms with van der Waals surface area (Å²) in [6.07, 6.45) is 2.06. The molecule has 1 fully saturated rings. The Kier molecular flexibility index (Phi) is 7.04. The molecule has 0 radical (unpaired) electrons. The van der Waals surface area contributed by atoms with Gasteiger partial charge in [0.05, 0.1) is 19.1 Å². The number of methoxy groups -OCH3 is 1. The van der Waals surface area contributed by atoms with Crippen molar-refractivity contribution >= 4 is 17.6 Å². The molecule has 2 aromatic carbocycles. The van der Waals surface area contributed by atoms with Crippen molar-refractivity contribution in [1.82, 2.24) is 4.90 Å². The van der Waals surface area contributed by atoms with Crippen molar-refractivity contribution in [2.45, 2.75) is 32.7 Å². The second-order valence-electron chi connectivity index (χ2n) is 7.55. The Morgan fingerprint density at radius 1 is 1.17 bits per heavy atom. The number of likely N-dealkylation sites (tertiary alicyclic amines) is 1. The monoisotopic (exact) mass is 417 g/mol. The second kappa shape index (κ2) is 9.51. The van der Waals surface area contributed by atoms with Gasteiger partial charge in [-0.05, 0) is 63.0 Å². The van der Waals surface area contributed by atoms with Crippen LogP contribution in [0.4, 0.5) is 0 Å². The van der Waals surface area contributed by atoms with Gasteiger partial charge in [0.15, 0.2) is 11.5 Å². The van der Waals surface area contributed by atoms with Crippen LogP contribution in [0.3, 0.4) is 0 Å². The van der Waals surface area contributed by atoms with E-state index in [0.29, 0.717) is 43.2 Å². The minimum absolute atomic E-state index is 0.126. The number of aromatic hydroxyl groups is 1. The lowest BCUT2D eigenvalue weighted by molar-refractivity contribution is -0.158. The average molecular weight is 418 g/mol. The van der Waals surface area contributed by atoms with E-state index in [9.17, 15) is 9.90 Å². The van der Waals surface area contributed by atoms with Crippen LogP contribution in [0.1, 0.15) is 30.9 Å². The smallest absolute Gasteiger partial charge is 0.312 e. The van der Waals surface area contributed by atoms with Crippen LogP contribution < -0.4 is 4.74 Å². The SMILES string of the molecule is CCOC(=O)C1(Cc2ccc(Cl)cc2)CCN(Cc2cccc(OC)c2O)CC1. The van der Waals surface area contributed by atoms with Gasteiger partial charge in [0, 0.05) is 17.1 Å². The third kappa shape index (κ3) is 5.03. The molecule has 1 heterocycles. The predicted molar refractivity (Wildman–Crippen MR) is 113 cm³/mol. The zero-order chi connectivity index (χ0) is 20.9. The molecule has 0 spiro atoms. The number of halogens is 1. The Hall–Kier alpha value is -2.24. The molecule has 0 bridgehead atoms. The Morgan fingerprint density at radius 2 is 1.86 bits per heavy atom. The number of piperidine rings is 1. The number of hydrogen-bond donors (Lipinski definition) is 1. The van der Waals surface area contributed by atoms with Gasteiger partial charge in [0.1, 0.15) is 0 Å². The largest absolute Gasteiger partial charge is 0.504 e. The highest BCUT2D eigenvalue weighted by atomic mass is 35.5. The Labute approximate surface area is 177 Å². The van der Waals surface area contributed by atoms with E-state index < -0.39 is 5.41 Å². The van der Waals surface area contributed by atoms with E-state index in [4.69, 9.17) is 21.1 Å². The first-order valence-corrected chi connectivity index (χ1v) is 10.3. The predicted octanol–water partition coefficient (Wildman–Crippen LogP) is 4.44. The summed E-state index contributed by atoms with van der Waals surface area (Å²) in [6, 6.07) is 13.2. The van der Waals surface area contributed by atoms with Crippen molar-refractivity contribution < 1.29 is 19.4 Å². The van der Waals surface area contributed by atoms with E-state index in [1.54, 1.807) is 13.2 Å². The molecule has 29 heavy (non-hydrogen) atoms. The number of para-hydroxylation sites is 1. The molecule has 1 N–H and O–H groups in total. The molecule has 0 unspecified atom stereocenters. The number of esters is 1. The zero-order valence-corrected chi connectivity index (χ0v) is 17.7. The van der Waals surface area contributed by atoms with Crippen molar-refractivity contribution in [2.24, 2.45) is 5.41 Å². The molecule has 6 heteroatoms. The highest BCUT2D eigenvalue weighted by Crippen LogP contribution is 2.38. The van der Waals surface area contributed by atoms with Crippen LogP contribution in [0.25, 0.3) is 0 Å². The molecule has 3 rings (SSSR count). The lowest BCUT2D eigenvalue weighted by atomic mass is 9.73. The van der Waals surface area contributed by atoms with Gasteiger partial charge >= 0.3 is 5.97 Å². The minimum Gasteiger partial charge on any atom is -0.504 e. The van der Waals surface area contributed by atoms with Gasteiger partial charge in [-0.25, -0.2) is 0 Å². The van der Waals surface area contributed by atoms with Gasteiger partial charge < -0.3 is 14.6 Å². The maximum Gasteiger partial charge on any atom is 0.312 e. The molecule has 1 aliphatic heterocycles. The maximum atomic E-state index is 12.9. The molecular weight excluding hydrogens is 390 g/mol. The maximum absolute atomic E-state index is 12.9. The summed E-state index contributed by atoms with van der Waals surface area (Å²) >= 11 is 6.00. The quantitative estimate of drug-likeness (QED) is 0.675. The number of hydrogen-bond acceptors (Lipinski definition) is 5. The van der Waals surface area contributed by atoms with Crippen LogP contribution in [0, 0.1) is 5.41 Å². The summed E-state index contributed by atoms with van der Waals surface area (Å²) in [6.45, 7) is 4.34. The molecule has 0 saturated carbocycles. The van der Waals surface area contributed by atoms with Crippen molar-refractivity contribution in [3.05, 3.63) is 58.6 Å². The summed E-state index contributed by atoms with van der Waals surface area (Å²) < 4.78 is 10.6. The van der Waals surface area contributed by atoms with Crippen molar-refractivity contribution in [3.8, 4) is 11.5 Å². The lowest BCUT2D eigenvalue weighted by Gasteiger charge is -2.40. The molecule has 1 saturated heterocycles. The number of carbonyl (C=O) groups is 1. The number of carbonyl (C=O) groups excluding carboxylic acids is 1. The minimum atomic E-state index is -0.531. The van der Waals surface area contributed by atoms with Crippen molar-refractivity contribution in [2.75, 3.05) is 26.8 Å². The molecule has 0 amide bonds. The fourth-order valence-electron chi connectivity index (χ4n) is 3.97. The molecular formula is C23H28ClNO4. The third-order valence-corrected chi connectivity index (χ3v) is 5.93. The summed E-state index contributed by atoms with van der Waals surface area (Å²) in [5, 5.41) is 11.0. The van der Waals surface area contributed by atoms with Gasteiger partial charge in [-0.15, -0.1) is 0 Å². The van der Waals surface area contributed by atoms with Crippen LogP contribution >= 0.6 is 11.6 Å². The van der Waals surface area contributed by atoms with Crippen LogP contribution in [0.15, 0.2) is 42.5 Å². The normalized spacial score (nSPS) is 16.4. The Balaban J connectivity index is 1.72. The number of benzene rings is 2. The molecule has 0 atom stereocenters. The van der Waals surface area contributed by atoms with Gasteiger partial charge in [-0.3, -0.25) is 9.69 Å². The zero-order valence-electron chi connectivity index (χ0n) is 17.0. The van der Waals surface area contributed by atoms with Crippen LogP contribution in [-0.4, -0.2) is 42.8 Å². The van der Waals surface area contributed by atoms with E-state index in [1.807, 2.05) is 43.3 Å². The molecule has 0 aromatic heterocycles. The first-order chi connectivity index (χ1) is 14.0. The van der Waals surface area contributed by atoms with Crippen LogP contribution in [-0.2, 0) is 22.5 Å². The number of phenols is 1. The molecule has 2 aromatic rings. The third-order valence-electron chi connectivity index (χ3n) is 5.67. The van der Waals surface area contributed by atoms with Crippen molar-refractivity contribution in [3.63, 3.8) is 0 Å². The lowest BCUT2D eigenvalue weighted by Crippen LogP contribution is -2.46. The fraction of sp³-hybridized carbons (Fsp3) is 0.435. The average Bonchev–Trinajstić information content (AvgIpc) is 2.73. The standard InChI is InChI=1S/C23H28ClNO4/c1-3-29-22(27)23(15-17-7-9-19(24)10-8-17)11-13-25(14-12-23)16-18-5-4-6-20(28-2)21(18)26/h4-10,26H,3,11-16H2,1-2H3.